The number of carbonyl (C=O) groups is 3. The second-order valence-corrected chi connectivity index (χ2v) is 15.1. The minimum atomic E-state index is -2.08. The molecule has 3 aromatic rings. The molecule has 3 aliphatic rings. The number of ether oxygens (including phenoxy) is 4. The molecule has 17 nitrogen and oxygen atoms in total. The third kappa shape index (κ3) is 8.72. The van der Waals surface area contributed by atoms with Gasteiger partial charge in [0.05, 0.1) is 53.0 Å². The van der Waals surface area contributed by atoms with Crippen molar-refractivity contribution in [2.75, 3.05) is 17.9 Å². The number of aliphatic hydroxyl groups is 2. The topological polar surface area (TPSA) is 251 Å². The van der Waals surface area contributed by atoms with Crippen LogP contribution in [0.15, 0.2) is 59.7 Å². The lowest BCUT2D eigenvalue weighted by Gasteiger charge is -2.38. The number of ketones is 1. The molecule has 5 bridgehead atoms. The smallest absolute Gasteiger partial charge is 0.312 e. The molecule has 1 aromatic heterocycles. The summed E-state index contributed by atoms with van der Waals surface area (Å²) in [6.45, 7) is 12.4. The Hall–Kier alpha value is -6.04. The number of carbonyl (C=O) groups excluding carboxylic acids is 3. The van der Waals surface area contributed by atoms with Crippen LogP contribution in [0, 0.1) is 30.6 Å². The standard InChI is InChI=1S/C42H51N5O12/c1-19-12-10-13-20(2)40(55)46-31-26(18-45-47-41-43-15-11-16-44-41)35(52)28-29(36(31)53)34(51)24(6)38-30(28)39(54)42(8,59-38)57-17-14-27(56-9)21(3)37(58-25(7)48)23(5)33(50)22(4)32(19)49/h10-19,21-23,27,32-33,37,49-53H,1-9H3,(H,46,55)(H,43,44,47)/b12-10+,17-14+,20-13+,45-18+. The van der Waals surface area contributed by atoms with E-state index in [9.17, 15) is 39.9 Å². The van der Waals surface area contributed by atoms with Crippen LogP contribution in [-0.4, -0.2) is 96.7 Å². The molecule has 9 unspecified atom stereocenters. The Balaban J connectivity index is 1.71. The Morgan fingerprint density at radius 3 is 2.29 bits per heavy atom. The molecular weight excluding hydrogens is 766 g/mol. The maximum Gasteiger partial charge on any atom is 0.312 e. The van der Waals surface area contributed by atoms with Crippen molar-refractivity contribution in [3.05, 3.63) is 71.3 Å². The predicted octanol–water partition coefficient (Wildman–Crippen LogP) is 4.99. The number of esters is 1. The molecule has 59 heavy (non-hydrogen) atoms. The van der Waals surface area contributed by atoms with Gasteiger partial charge >= 0.3 is 11.8 Å². The number of aromatic nitrogens is 2. The van der Waals surface area contributed by atoms with Crippen molar-refractivity contribution in [1.29, 1.82) is 0 Å². The summed E-state index contributed by atoms with van der Waals surface area (Å²) in [7, 11) is 1.42. The summed E-state index contributed by atoms with van der Waals surface area (Å²) in [6.07, 6.45) is 7.36. The van der Waals surface area contributed by atoms with Gasteiger partial charge in [0.25, 0.3) is 11.7 Å². The van der Waals surface area contributed by atoms with Crippen LogP contribution in [0.1, 0.15) is 70.0 Å². The number of Topliss-reactive ketones (excluding diaryl/α,β-unsaturated/α-hetero) is 1. The van der Waals surface area contributed by atoms with Crippen LogP contribution in [0.25, 0.3) is 10.8 Å². The lowest BCUT2D eigenvalue weighted by molar-refractivity contribution is -0.160. The van der Waals surface area contributed by atoms with Gasteiger partial charge in [0.2, 0.25) is 5.95 Å². The SMILES string of the molecule is COC1/C=C/OC2(C)Oc3c(C)c(O)c4c(O)c(c(/C=N/Nc5ncccn5)c(O)c4c3C2=O)NC(=O)/C(C)=C/C=C/C(C)C(O)C(C)C(O)C(C)C(OC(C)=O)C1C. The van der Waals surface area contributed by atoms with Gasteiger partial charge in [-0.25, -0.2) is 15.4 Å². The molecule has 4 heterocycles. The Morgan fingerprint density at radius 2 is 1.64 bits per heavy atom. The van der Waals surface area contributed by atoms with Gasteiger partial charge in [0, 0.05) is 73.5 Å². The minimum Gasteiger partial charge on any atom is -0.507 e. The van der Waals surface area contributed by atoms with Gasteiger partial charge in [0.15, 0.2) is 5.75 Å². The van der Waals surface area contributed by atoms with E-state index in [0.717, 1.165) is 6.21 Å². The number of methoxy groups -OCH3 is 1. The number of anilines is 2. The lowest BCUT2D eigenvalue weighted by Crippen LogP contribution is -2.46. The second-order valence-electron chi connectivity index (χ2n) is 15.1. The molecule has 0 saturated carbocycles. The monoisotopic (exact) mass is 817 g/mol. The van der Waals surface area contributed by atoms with Crippen LogP contribution in [0.5, 0.6) is 23.0 Å². The third-order valence-corrected chi connectivity index (χ3v) is 11.0. The van der Waals surface area contributed by atoms with Gasteiger partial charge in [-0.15, -0.1) is 0 Å². The van der Waals surface area contributed by atoms with Crippen molar-refractivity contribution >= 4 is 46.3 Å². The molecule has 0 aliphatic carbocycles. The number of aliphatic hydroxyl groups excluding tert-OH is 2. The first-order valence-corrected chi connectivity index (χ1v) is 19.0. The molecule has 0 fully saturated rings. The van der Waals surface area contributed by atoms with Crippen LogP contribution in [0.3, 0.4) is 0 Å². The largest absolute Gasteiger partial charge is 0.507 e. The number of hydrogen-bond acceptors (Lipinski definition) is 16. The second kappa shape index (κ2) is 17.8. The van der Waals surface area contributed by atoms with E-state index >= 15 is 0 Å². The zero-order valence-corrected chi connectivity index (χ0v) is 34.3. The molecule has 0 spiro atoms. The molecule has 0 radical (unpaired) electrons. The van der Waals surface area contributed by atoms with E-state index in [4.69, 9.17) is 18.9 Å². The number of benzene rings is 2. The number of nitrogens with one attached hydrogen (secondary N) is 2. The minimum absolute atomic E-state index is 0.0193. The van der Waals surface area contributed by atoms with E-state index in [2.05, 4.69) is 25.8 Å². The number of rotatable bonds is 5. The van der Waals surface area contributed by atoms with Gasteiger partial charge < -0.3 is 49.8 Å². The number of amides is 1. The van der Waals surface area contributed by atoms with Crippen molar-refractivity contribution in [3.8, 4) is 23.0 Å². The third-order valence-electron chi connectivity index (χ3n) is 11.0. The van der Waals surface area contributed by atoms with E-state index in [1.165, 1.54) is 65.6 Å². The first-order valence-electron chi connectivity index (χ1n) is 19.0. The summed E-state index contributed by atoms with van der Waals surface area (Å²) in [4.78, 5) is 48.4. The number of aromatic hydroxyl groups is 3. The first-order chi connectivity index (χ1) is 27.8. The highest BCUT2D eigenvalue weighted by molar-refractivity contribution is 6.23. The summed E-state index contributed by atoms with van der Waals surface area (Å²) in [5.74, 6) is -8.73. The van der Waals surface area contributed by atoms with Gasteiger partial charge in [-0.2, -0.15) is 5.10 Å². The van der Waals surface area contributed by atoms with Crippen LogP contribution in [0.2, 0.25) is 0 Å². The Kier molecular flexibility index (Phi) is 13.3. The Bertz CT molecular complexity index is 2220. The predicted molar refractivity (Wildman–Crippen MR) is 217 cm³/mol. The van der Waals surface area contributed by atoms with Crippen molar-refractivity contribution in [2.45, 2.75) is 85.6 Å². The Morgan fingerprint density at radius 1 is 0.966 bits per heavy atom. The summed E-state index contributed by atoms with van der Waals surface area (Å²) in [5.41, 5.74) is 1.88. The molecule has 17 heteroatoms. The summed E-state index contributed by atoms with van der Waals surface area (Å²) >= 11 is 0. The molecule has 9 atom stereocenters. The number of fused-ring (bicyclic) bond motifs is 14. The summed E-state index contributed by atoms with van der Waals surface area (Å²) in [6, 6.07) is 1.59. The normalized spacial score (nSPS) is 30.0. The molecule has 316 valence electrons. The van der Waals surface area contributed by atoms with Crippen molar-refractivity contribution in [1.82, 2.24) is 9.97 Å². The quantitative estimate of drug-likeness (QED) is 0.0589. The van der Waals surface area contributed by atoms with E-state index < -0.39 is 88.8 Å². The average molecular weight is 818 g/mol. The highest BCUT2D eigenvalue weighted by Gasteiger charge is 2.50. The molecule has 0 saturated heterocycles. The molecular formula is C42H51N5O12. The molecule has 3 aliphatic heterocycles. The maximum atomic E-state index is 14.4. The summed E-state index contributed by atoms with van der Waals surface area (Å²) in [5, 5.41) is 64.1. The fraction of sp³-hybridized carbons (Fsp3) is 0.429. The van der Waals surface area contributed by atoms with Gasteiger partial charge in [-0.05, 0) is 26.0 Å². The first kappa shape index (κ1) is 44.1. The summed E-state index contributed by atoms with van der Waals surface area (Å²) < 4.78 is 23.5. The molecule has 6 rings (SSSR count). The number of phenolic OH excluding ortho intramolecular Hbond substituents is 3. The van der Waals surface area contributed by atoms with E-state index in [0.29, 0.717) is 0 Å². The number of nitrogens with zero attached hydrogens (tertiary/aromatic N) is 3. The van der Waals surface area contributed by atoms with Gasteiger partial charge in [0.1, 0.15) is 23.4 Å². The van der Waals surface area contributed by atoms with E-state index in [1.807, 2.05) is 0 Å². The zero-order valence-electron chi connectivity index (χ0n) is 34.3. The average Bonchev–Trinajstić information content (AvgIpc) is 3.47. The lowest BCUT2D eigenvalue weighted by atomic mass is 9.78. The maximum absolute atomic E-state index is 14.4. The fourth-order valence-electron chi connectivity index (χ4n) is 7.38. The van der Waals surface area contributed by atoms with Crippen LogP contribution in [-0.2, 0) is 23.8 Å². The highest BCUT2D eigenvalue weighted by atomic mass is 16.7. The number of allylic oxidation sites excluding steroid dienone is 2. The highest BCUT2D eigenvalue weighted by Crippen LogP contribution is 2.55. The number of phenols is 3. The van der Waals surface area contributed by atoms with Gasteiger partial charge in [-0.1, -0.05) is 45.9 Å². The van der Waals surface area contributed by atoms with Crippen LogP contribution < -0.4 is 15.5 Å². The van der Waals surface area contributed by atoms with Crippen LogP contribution >= 0.6 is 0 Å². The molecule has 1 amide bonds. The van der Waals surface area contributed by atoms with Crippen LogP contribution in [0.4, 0.5) is 11.6 Å². The number of hydrogen-bond donors (Lipinski definition) is 7. The number of hydrazone groups is 1. The fourth-order valence-corrected chi connectivity index (χ4v) is 7.38. The van der Waals surface area contributed by atoms with Crippen molar-refractivity contribution in [2.24, 2.45) is 28.8 Å². The van der Waals surface area contributed by atoms with Gasteiger partial charge in [-0.3, -0.25) is 14.4 Å². The van der Waals surface area contributed by atoms with E-state index in [1.54, 1.807) is 45.9 Å². The Labute approximate surface area is 341 Å². The molecule has 7 N–H and O–H groups in total. The zero-order chi connectivity index (χ0) is 43.5. The van der Waals surface area contributed by atoms with Crippen molar-refractivity contribution in [3.63, 3.8) is 0 Å². The van der Waals surface area contributed by atoms with Crippen molar-refractivity contribution < 1.29 is 58.9 Å². The molecule has 2 aromatic carbocycles. The van der Waals surface area contributed by atoms with E-state index in [-0.39, 0.29) is 50.4 Å².